The van der Waals surface area contributed by atoms with Crippen LogP contribution in [0, 0.1) is 23.7 Å². The molecule has 92 valence electrons. The highest BCUT2D eigenvalue weighted by atomic mass is 16.6. The average Bonchev–Trinajstić information content (AvgIpc) is 2.90. The lowest BCUT2D eigenvalue weighted by Gasteiger charge is -2.46. The lowest BCUT2D eigenvalue weighted by atomic mass is 9.65. The van der Waals surface area contributed by atoms with Crippen molar-refractivity contribution in [1.82, 2.24) is 0 Å². The van der Waals surface area contributed by atoms with Gasteiger partial charge in [-0.15, -0.1) is 0 Å². The van der Waals surface area contributed by atoms with Crippen LogP contribution in [-0.2, 0) is 9.53 Å². The minimum Gasteiger partial charge on any atom is -0.456 e. The van der Waals surface area contributed by atoms with Crippen LogP contribution in [0.4, 0.5) is 0 Å². The van der Waals surface area contributed by atoms with E-state index < -0.39 is 0 Å². The van der Waals surface area contributed by atoms with Crippen molar-refractivity contribution in [1.29, 1.82) is 0 Å². The van der Waals surface area contributed by atoms with Crippen molar-refractivity contribution in [3.05, 3.63) is 24.8 Å². The van der Waals surface area contributed by atoms with Gasteiger partial charge in [0.1, 0.15) is 5.60 Å². The molecule has 2 heteroatoms. The van der Waals surface area contributed by atoms with E-state index in [0.29, 0.717) is 11.8 Å². The summed E-state index contributed by atoms with van der Waals surface area (Å²) in [5, 5.41) is 0. The van der Waals surface area contributed by atoms with E-state index in [2.05, 4.69) is 25.7 Å². The molecular weight excluding hydrogens is 212 g/mol. The van der Waals surface area contributed by atoms with E-state index >= 15 is 0 Å². The van der Waals surface area contributed by atoms with E-state index in [9.17, 15) is 4.79 Å². The Hall–Kier alpha value is -1.05. The SMILES string of the molecule is C=CC(=O)OC1(C)CCCC2C3C=CC(C3)C21. The molecule has 5 atom stereocenters. The first-order valence-electron chi connectivity index (χ1n) is 6.68. The molecule has 0 N–H and O–H groups in total. The Balaban J connectivity index is 1.87. The third-order valence-electron chi connectivity index (χ3n) is 5.04. The maximum absolute atomic E-state index is 11.5. The van der Waals surface area contributed by atoms with E-state index in [1.807, 2.05) is 0 Å². The summed E-state index contributed by atoms with van der Waals surface area (Å²) in [5.74, 6) is 2.39. The Morgan fingerprint density at radius 2 is 2.24 bits per heavy atom. The molecule has 17 heavy (non-hydrogen) atoms. The van der Waals surface area contributed by atoms with Gasteiger partial charge in [0.05, 0.1) is 0 Å². The van der Waals surface area contributed by atoms with Gasteiger partial charge in [0.2, 0.25) is 0 Å². The summed E-state index contributed by atoms with van der Waals surface area (Å²) in [6, 6.07) is 0. The van der Waals surface area contributed by atoms with E-state index in [1.165, 1.54) is 25.3 Å². The topological polar surface area (TPSA) is 26.3 Å². The number of ether oxygens (including phenoxy) is 1. The predicted molar refractivity (Wildman–Crippen MR) is 66.3 cm³/mol. The first kappa shape index (κ1) is 11.1. The Labute approximate surface area is 103 Å². The van der Waals surface area contributed by atoms with E-state index in [4.69, 9.17) is 4.74 Å². The van der Waals surface area contributed by atoms with Gasteiger partial charge in [0.25, 0.3) is 0 Å². The molecule has 3 aliphatic rings. The van der Waals surface area contributed by atoms with Crippen molar-refractivity contribution in [2.75, 3.05) is 0 Å². The van der Waals surface area contributed by atoms with E-state index in [-0.39, 0.29) is 11.6 Å². The van der Waals surface area contributed by atoms with Crippen LogP contribution in [0.25, 0.3) is 0 Å². The molecule has 0 radical (unpaired) electrons. The van der Waals surface area contributed by atoms with Crippen LogP contribution >= 0.6 is 0 Å². The lowest BCUT2D eigenvalue weighted by molar-refractivity contribution is -0.166. The number of carbonyl (C=O) groups excluding carboxylic acids is 1. The van der Waals surface area contributed by atoms with Crippen molar-refractivity contribution < 1.29 is 9.53 Å². The van der Waals surface area contributed by atoms with Gasteiger partial charge in [0, 0.05) is 12.0 Å². The fourth-order valence-electron chi connectivity index (χ4n) is 4.47. The summed E-state index contributed by atoms with van der Waals surface area (Å²) in [4.78, 5) is 11.5. The van der Waals surface area contributed by atoms with Crippen molar-refractivity contribution in [2.45, 2.75) is 38.2 Å². The summed E-state index contributed by atoms with van der Waals surface area (Å²) in [7, 11) is 0. The fraction of sp³-hybridized carbons (Fsp3) is 0.667. The minimum atomic E-state index is -0.266. The first-order chi connectivity index (χ1) is 8.14. The smallest absolute Gasteiger partial charge is 0.330 e. The van der Waals surface area contributed by atoms with E-state index in [0.717, 1.165) is 18.3 Å². The molecule has 3 rings (SSSR count). The molecule has 0 amide bonds. The molecule has 2 nitrogen and oxygen atoms in total. The van der Waals surface area contributed by atoms with Crippen molar-refractivity contribution in [3.8, 4) is 0 Å². The van der Waals surface area contributed by atoms with Gasteiger partial charge in [-0.2, -0.15) is 0 Å². The highest BCUT2D eigenvalue weighted by Gasteiger charge is 2.55. The van der Waals surface area contributed by atoms with Crippen molar-refractivity contribution in [3.63, 3.8) is 0 Å². The number of allylic oxidation sites excluding steroid dienone is 2. The number of carbonyl (C=O) groups is 1. The van der Waals surface area contributed by atoms with Crippen LogP contribution in [0.3, 0.4) is 0 Å². The minimum absolute atomic E-state index is 0.264. The average molecular weight is 232 g/mol. The molecular formula is C15H20O2. The first-order valence-corrected chi connectivity index (χ1v) is 6.68. The summed E-state index contributed by atoms with van der Waals surface area (Å²) in [6.07, 6.45) is 10.8. The van der Waals surface area contributed by atoms with E-state index in [1.54, 1.807) is 0 Å². The maximum atomic E-state index is 11.5. The highest BCUT2D eigenvalue weighted by Crippen LogP contribution is 2.58. The Kier molecular flexibility index (Phi) is 2.42. The zero-order chi connectivity index (χ0) is 12.0. The molecule has 0 aromatic carbocycles. The number of fused-ring (bicyclic) bond motifs is 5. The molecule has 3 aliphatic carbocycles. The summed E-state index contributed by atoms with van der Waals surface area (Å²) in [5.41, 5.74) is -0.266. The van der Waals surface area contributed by atoms with Gasteiger partial charge < -0.3 is 4.74 Å². The monoisotopic (exact) mass is 232 g/mol. The van der Waals surface area contributed by atoms with Crippen molar-refractivity contribution in [2.24, 2.45) is 23.7 Å². The van der Waals surface area contributed by atoms with Gasteiger partial charge in [0.15, 0.2) is 0 Å². The summed E-state index contributed by atoms with van der Waals surface area (Å²) >= 11 is 0. The van der Waals surface area contributed by atoms with Crippen LogP contribution in [-0.4, -0.2) is 11.6 Å². The predicted octanol–water partition coefficient (Wildman–Crippen LogP) is 3.10. The van der Waals surface area contributed by atoms with Crippen LogP contribution < -0.4 is 0 Å². The molecule has 0 spiro atoms. The lowest BCUT2D eigenvalue weighted by Crippen LogP contribution is -2.47. The van der Waals surface area contributed by atoms with Crippen LogP contribution in [0.2, 0.25) is 0 Å². The third-order valence-corrected chi connectivity index (χ3v) is 5.04. The molecule has 0 aliphatic heterocycles. The van der Waals surface area contributed by atoms with Crippen LogP contribution in [0.15, 0.2) is 24.8 Å². The van der Waals surface area contributed by atoms with Crippen LogP contribution in [0.5, 0.6) is 0 Å². The van der Waals surface area contributed by atoms with Crippen LogP contribution in [0.1, 0.15) is 32.6 Å². The standard InChI is InChI=1S/C15H20O2/c1-3-13(16)17-15(2)8-4-5-12-10-6-7-11(9-10)14(12)15/h3,6-7,10-12,14H,1,4-5,8-9H2,2H3. The summed E-state index contributed by atoms with van der Waals surface area (Å²) < 4.78 is 5.70. The molecule has 0 saturated heterocycles. The zero-order valence-electron chi connectivity index (χ0n) is 10.4. The molecule has 0 aromatic rings. The second kappa shape index (κ2) is 3.72. The maximum Gasteiger partial charge on any atom is 0.330 e. The fourth-order valence-corrected chi connectivity index (χ4v) is 4.47. The second-order valence-electron chi connectivity index (χ2n) is 5.97. The second-order valence-corrected chi connectivity index (χ2v) is 5.97. The Morgan fingerprint density at radius 3 is 3.00 bits per heavy atom. The Morgan fingerprint density at radius 1 is 1.47 bits per heavy atom. The number of hydrogen-bond acceptors (Lipinski definition) is 2. The molecule has 5 unspecified atom stereocenters. The Bertz CT molecular complexity index is 384. The van der Waals surface area contributed by atoms with Gasteiger partial charge >= 0.3 is 5.97 Å². The highest BCUT2D eigenvalue weighted by molar-refractivity contribution is 5.81. The molecule has 0 heterocycles. The van der Waals surface area contributed by atoms with Gasteiger partial charge in [-0.25, -0.2) is 4.79 Å². The largest absolute Gasteiger partial charge is 0.456 e. The quantitative estimate of drug-likeness (QED) is 0.415. The van der Waals surface area contributed by atoms with Gasteiger partial charge in [-0.1, -0.05) is 18.7 Å². The van der Waals surface area contributed by atoms with Gasteiger partial charge in [-0.05, 0) is 50.4 Å². The molecule has 0 aromatic heterocycles. The normalized spacial score (nSPS) is 46.6. The number of hydrogen-bond donors (Lipinski definition) is 0. The van der Waals surface area contributed by atoms with Crippen molar-refractivity contribution >= 4 is 5.97 Å². The third kappa shape index (κ3) is 1.57. The zero-order valence-corrected chi connectivity index (χ0v) is 10.4. The molecule has 2 fully saturated rings. The number of rotatable bonds is 2. The van der Waals surface area contributed by atoms with Gasteiger partial charge in [-0.3, -0.25) is 0 Å². The summed E-state index contributed by atoms with van der Waals surface area (Å²) in [6.45, 7) is 5.63. The molecule has 2 bridgehead atoms. The molecule has 2 saturated carbocycles. The number of esters is 1.